The number of rotatable bonds is 11. The van der Waals surface area contributed by atoms with E-state index in [9.17, 15) is 0 Å². The summed E-state index contributed by atoms with van der Waals surface area (Å²) in [6, 6.07) is 15.4. The minimum absolute atomic E-state index is 0.582. The summed E-state index contributed by atoms with van der Waals surface area (Å²) in [7, 11) is 1.64. The van der Waals surface area contributed by atoms with Crippen molar-refractivity contribution in [2.75, 3.05) is 26.9 Å². The van der Waals surface area contributed by atoms with Gasteiger partial charge in [0, 0.05) is 6.42 Å². The Morgan fingerprint density at radius 3 is 1.79 bits per heavy atom. The van der Waals surface area contributed by atoms with Gasteiger partial charge in [0.15, 0.2) is 11.5 Å². The lowest BCUT2D eigenvalue weighted by Crippen LogP contribution is -2.05. The van der Waals surface area contributed by atoms with Crippen molar-refractivity contribution in [3.63, 3.8) is 0 Å². The van der Waals surface area contributed by atoms with E-state index in [0.717, 1.165) is 48.9 Å². The van der Waals surface area contributed by atoms with E-state index in [1.54, 1.807) is 7.11 Å². The van der Waals surface area contributed by atoms with Gasteiger partial charge in [-0.25, -0.2) is 0 Å². The third-order valence-electron chi connectivity index (χ3n) is 3.47. The lowest BCUT2D eigenvalue weighted by atomic mass is 10.3. The molecule has 2 rings (SSSR count). The molecule has 24 heavy (non-hydrogen) atoms. The standard InChI is InChI=1S/C20H26O4/c1-3-4-14-22-17-10-12-18(13-11-17)23-15-7-16-24-20-9-6-5-8-19(20)21-2/h5-6,8-13H,3-4,7,14-16H2,1-2H3. The molecule has 0 radical (unpaired) electrons. The first-order valence-corrected chi connectivity index (χ1v) is 8.45. The van der Waals surface area contributed by atoms with Crippen LogP contribution >= 0.6 is 0 Å². The molecule has 2 aromatic rings. The van der Waals surface area contributed by atoms with E-state index >= 15 is 0 Å². The highest BCUT2D eigenvalue weighted by molar-refractivity contribution is 5.39. The van der Waals surface area contributed by atoms with Crippen molar-refractivity contribution in [3.8, 4) is 23.0 Å². The van der Waals surface area contributed by atoms with Gasteiger partial charge in [-0.2, -0.15) is 0 Å². The van der Waals surface area contributed by atoms with Crippen LogP contribution in [0.5, 0.6) is 23.0 Å². The van der Waals surface area contributed by atoms with Gasteiger partial charge in [-0.1, -0.05) is 25.5 Å². The second-order valence-electron chi connectivity index (χ2n) is 5.37. The van der Waals surface area contributed by atoms with Crippen LogP contribution in [0.4, 0.5) is 0 Å². The SMILES string of the molecule is CCCCOc1ccc(OCCCOc2ccccc2OC)cc1. The summed E-state index contributed by atoms with van der Waals surface area (Å²) in [5.41, 5.74) is 0. The lowest BCUT2D eigenvalue weighted by Gasteiger charge is -2.11. The fourth-order valence-corrected chi connectivity index (χ4v) is 2.14. The monoisotopic (exact) mass is 330 g/mol. The van der Waals surface area contributed by atoms with Crippen molar-refractivity contribution in [2.45, 2.75) is 26.2 Å². The molecular weight excluding hydrogens is 304 g/mol. The Morgan fingerprint density at radius 2 is 1.21 bits per heavy atom. The molecule has 0 atom stereocenters. The highest BCUT2D eigenvalue weighted by Crippen LogP contribution is 2.25. The number of methoxy groups -OCH3 is 1. The summed E-state index contributed by atoms with van der Waals surface area (Å²) in [6.07, 6.45) is 3.01. The molecule has 0 saturated carbocycles. The highest BCUT2D eigenvalue weighted by atomic mass is 16.5. The van der Waals surface area contributed by atoms with E-state index < -0.39 is 0 Å². The molecule has 0 amide bonds. The molecule has 0 heterocycles. The van der Waals surface area contributed by atoms with Gasteiger partial charge < -0.3 is 18.9 Å². The Kier molecular flexibility index (Phi) is 7.81. The molecule has 2 aromatic carbocycles. The molecule has 0 aliphatic heterocycles. The molecule has 130 valence electrons. The number of hydrogen-bond donors (Lipinski definition) is 0. The van der Waals surface area contributed by atoms with Gasteiger partial charge in [0.05, 0.1) is 26.9 Å². The van der Waals surface area contributed by atoms with Crippen LogP contribution in [-0.2, 0) is 0 Å². The quantitative estimate of drug-likeness (QED) is 0.559. The van der Waals surface area contributed by atoms with Crippen molar-refractivity contribution in [1.29, 1.82) is 0 Å². The number of ether oxygens (including phenoxy) is 4. The molecule has 0 N–H and O–H groups in total. The van der Waals surface area contributed by atoms with Gasteiger partial charge in [0.1, 0.15) is 11.5 Å². The molecule has 0 spiro atoms. The second-order valence-corrected chi connectivity index (χ2v) is 5.37. The van der Waals surface area contributed by atoms with Crippen LogP contribution in [0.3, 0.4) is 0 Å². The van der Waals surface area contributed by atoms with Gasteiger partial charge in [-0.05, 0) is 42.8 Å². The van der Waals surface area contributed by atoms with E-state index in [1.807, 2.05) is 48.5 Å². The van der Waals surface area contributed by atoms with E-state index in [0.29, 0.717) is 13.2 Å². The van der Waals surface area contributed by atoms with Gasteiger partial charge in [0.2, 0.25) is 0 Å². The maximum Gasteiger partial charge on any atom is 0.161 e. The van der Waals surface area contributed by atoms with Crippen LogP contribution in [0.1, 0.15) is 26.2 Å². The molecule has 0 bridgehead atoms. The predicted octanol–water partition coefficient (Wildman–Crippen LogP) is 4.72. The number of hydrogen-bond acceptors (Lipinski definition) is 4. The molecule has 0 aromatic heterocycles. The lowest BCUT2D eigenvalue weighted by molar-refractivity contribution is 0.240. The van der Waals surface area contributed by atoms with Crippen LogP contribution in [0.25, 0.3) is 0 Å². The average molecular weight is 330 g/mol. The normalized spacial score (nSPS) is 10.2. The van der Waals surface area contributed by atoms with Gasteiger partial charge in [-0.15, -0.1) is 0 Å². The summed E-state index contributed by atoms with van der Waals surface area (Å²) in [4.78, 5) is 0. The minimum atomic E-state index is 0.582. The summed E-state index contributed by atoms with van der Waals surface area (Å²) in [5.74, 6) is 3.23. The topological polar surface area (TPSA) is 36.9 Å². The molecule has 0 unspecified atom stereocenters. The number of unbranched alkanes of at least 4 members (excludes halogenated alkanes) is 1. The van der Waals surface area contributed by atoms with Crippen molar-refractivity contribution < 1.29 is 18.9 Å². The zero-order chi connectivity index (χ0) is 17.0. The molecule has 0 fully saturated rings. The van der Waals surface area contributed by atoms with E-state index in [-0.39, 0.29) is 0 Å². The fourth-order valence-electron chi connectivity index (χ4n) is 2.14. The van der Waals surface area contributed by atoms with Crippen molar-refractivity contribution in [3.05, 3.63) is 48.5 Å². The van der Waals surface area contributed by atoms with Crippen LogP contribution in [-0.4, -0.2) is 26.9 Å². The van der Waals surface area contributed by atoms with Crippen LogP contribution in [0.2, 0.25) is 0 Å². The first-order valence-electron chi connectivity index (χ1n) is 8.45. The molecule has 0 saturated heterocycles. The Labute approximate surface area is 144 Å². The Morgan fingerprint density at radius 1 is 0.667 bits per heavy atom. The summed E-state index contributed by atoms with van der Waals surface area (Å²) in [5, 5.41) is 0. The largest absolute Gasteiger partial charge is 0.494 e. The molecule has 4 heteroatoms. The van der Waals surface area contributed by atoms with Crippen LogP contribution in [0.15, 0.2) is 48.5 Å². The van der Waals surface area contributed by atoms with Crippen molar-refractivity contribution in [1.82, 2.24) is 0 Å². The molecular formula is C20H26O4. The van der Waals surface area contributed by atoms with Crippen LogP contribution in [0, 0.1) is 0 Å². The maximum absolute atomic E-state index is 5.71. The predicted molar refractivity (Wildman–Crippen MR) is 95.4 cm³/mol. The van der Waals surface area contributed by atoms with E-state index in [4.69, 9.17) is 18.9 Å². The van der Waals surface area contributed by atoms with E-state index in [1.165, 1.54) is 0 Å². The molecule has 4 nitrogen and oxygen atoms in total. The third-order valence-corrected chi connectivity index (χ3v) is 3.47. The minimum Gasteiger partial charge on any atom is -0.494 e. The van der Waals surface area contributed by atoms with Gasteiger partial charge in [0.25, 0.3) is 0 Å². The summed E-state index contributed by atoms with van der Waals surface area (Å²) in [6.45, 7) is 4.10. The van der Waals surface area contributed by atoms with Gasteiger partial charge >= 0.3 is 0 Å². The zero-order valence-electron chi connectivity index (χ0n) is 14.5. The first-order chi connectivity index (χ1) is 11.8. The Hall–Kier alpha value is -2.36. The summed E-state index contributed by atoms with van der Waals surface area (Å²) >= 11 is 0. The van der Waals surface area contributed by atoms with E-state index in [2.05, 4.69) is 6.92 Å². The molecule has 0 aliphatic carbocycles. The van der Waals surface area contributed by atoms with Crippen molar-refractivity contribution in [2.24, 2.45) is 0 Å². The Balaban J connectivity index is 1.65. The maximum atomic E-state index is 5.71. The third kappa shape index (κ3) is 6.03. The van der Waals surface area contributed by atoms with Gasteiger partial charge in [-0.3, -0.25) is 0 Å². The second kappa shape index (κ2) is 10.4. The smallest absolute Gasteiger partial charge is 0.161 e. The number of para-hydroxylation sites is 2. The average Bonchev–Trinajstić information content (AvgIpc) is 2.63. The van der Waals surface area contributed by atoms with Crippen molar-refractivity contribution >= 4 is 0 Å². The highest BCUT2D eigenvalue weighted by Gasteiger charge is 2.02. The number of benzene rings is 2. The zero-order valence-corrected chi connectivity index (χ0v) is 14.5. The fraction of sp³-hybridized carbons (Fsp3) is 0.400. The first kappa shape index (κ1) is 18.0. The van der Waals surface area contributed by atoms with Crippen LogP contribution < -0.4 is 18.9 Å². The Bertz CT molecular complexity index is 580. The summed E-state index contributed by atoms with van der Waals surface area (Å²) < 4.78 is 22.3. The molecule has 0 aliphatic rings.